The summed E-state index contributed by atoms with van der Waals surface area (Å²) in [5.74, 6) is 0.827. The van der Waals surface area contributed by atoms with Crippen LogP contribution < -0.4 is 0 Å². The highest BCUT2D eigenvalue weighted by Crippen LogP contribution is 2.36. The first-order valence-corrected chi connectivity index (χ1v) is 10.8. The second-order valence-corrected chi connectivity index (χ2v) is 8.02. The molecule has 0 N–H and O–H groups in total. The quantitative estimate of drug-likeness (QED) is 0.231. The van der Waals surface area contributed by atoms with Crippen LogP contribution in [0.15, 0.2) is 103 Å². The fourth-order valence-corrected chi connectivity index (χ4v) is 4.35. The van der Waals surface area contributed by atoms with E-state index in [1.807, 2.05) is 30.3 Å². The SMILES string of the molecule is C=CCn1c(SCc2ccc(Cl)cc2)nc(-c2ccccc2)c1-c1ccccc1. The van der Waals surface area contributed by atoms with Crippen molar-refractivity contribution in [2.24, 2.45) is 0 Å². The topological polar surface area (TPSA) is 17.8 Å². The van der Waals surface area contributed by atoms with Crippen molar-refractivity contribution in [1.82, 2.24) is 9.55 Å². The third-order valence-electron chi connectivity index (χ3n) is 4.62. The van der Waals surface area contributed by atoms with E-state index < -0.39 is 0 Å². The van der Waals surface area contributed by atoms with Crippen LogP contribution in [0.25, 0.3) is 22.5 Å². The number of hydrogen-bond acceptors (Lipinski definition) is 2. The van der Waals surface area contributed by atoms with E-state index in [1.165, 1.54) is 5.56 Å². The van der Waals surface area contributed by atoms with Gasteiger partial charge in [0.2, 0.25) is 0 Å². The first-order chi connectivity index (χ1) is 14.3. The Morgan fingerprint density at radius 3 is 2.10 bits per heavy atom. The van der Waals surface area contributed by atoms with Crippen LogP contribution >= 0.6 is 23.4 Å². The molecule has 0 aliphatic rings. The summed E-state index contributed by atoms with van der Waals surface area (Å²) >= 11 is 7.75. The molecule has 3 aromatic carbocycles. The Morgan fingerprint density at radius 1 is 0.862 bits per heavy atom. The van der Waals surface area contributed by atoms with Gasteiger partial charge in [-0.25, -0.2) is 4.98 Å². The van der Waals surface area contributed by atoms with Crippen molar-refractivity contribution >= 4 is 23.4 Å². The molecule has 0 aliphatic heterocycles. The van der Waals surface area contributed by atoms with Gasteiger partial charge in [-0.1, -0.05) is 102 Å². The maximum absolute atomic E-state index is 6.02. The minimum atomic E-state index is 0.701. The molecular formula is C25H21ClN2S. The molecule has 144 valence electrons. The van der Waals surface area contributed by atoms with Gasteiger partial charge < -0.3 is 4.57 Å². The zero-order valence-electron chi connectivity index (χ0n) is 16.0. The van der Waals surface area contributed by atoms with Crippen LogP contribution in [0, 0.1) is 0 Å². The van der Waals surface area contributed by atoms with E-state index in [1.54, 1.807) is 11.8 Å². The van der Waals surface area contributed by atoms with Gasteiger partial charge in [-0.05, 0) is 17.7 Å². The molecule has 0 fully saturated rings. The Kier molecular flexibility index (Phi) is 6.18. The molecule has 1 heterocycles. The van der Waals surface area contributed by atoms with Crippen molar-refractivity contribution in [1.29, 1.82) is 0 Å². The van der Waals surface area contributed by atoms with Crippen LogP contribution in [-0.4, -0.2) is 9.55 Å². The van der Waals surface area contributed by atoms with Crippen molar-refractivity contribution in [2.75, 3.05) is 0 Å². The maximum atomic E-state index is 6.02. The van der Waals surface area contributed by atoms with Crippen LogP contribution in [0.3, 0.4) is 0 Å². The highest BCUT2D eigenvalue weighted by Gasteiger charge is 2.19. The summed E-state index contributed by atoms with van der Waals surface area (Å²) in [6, 6.07) is 28.8. The highest BCUT2D eigenvalue weighted by molar-refractivity contribution is 7.98. The van der Waals surface area contributed by atoms with Crippen LogP contribution in [-0.2, 0) is 12.3 Å². The van der Waals surface area contributed by atoms with Gasteiger partial charge in [-0.15, -0.1) is 6.58 Å². The molecule has 0 spiro atoms. The van der Waals surface area contributed by atoms with Crippen LogP contribution in [0.5, 0.6) is 0 Å². The van der Waals surface area contributed by atoms with Crippen LogP contribution in [0.1, 0.15) is 5.56 Å². The molecule has 4 heteroatoms. The molecule has 4 rings (SSSR count). The molecule has 0 amide bonds. The lowest BCUT2D eigenvalue weighted by Gasteiger charge is -2.11. The minimum absolute atomic E-state index is 0.701. The Hall–Kier alpha value is -2.75. The van der Waals surface area contributed by atoms with E-state index in [9.17, 15) is 0 Å². The van der Waals surface area contributed by atoms with E-state index in [-0.39, 0.29) is 0 Å². The summed E-state index contributed by atoms with van der Waals surface area (Å²) in [4.78, 5) is 5.06. The molecule has 2 nitrogen and oxygen atoms in total. The number of imidazole rings is 1. The number of aromatic nitrogens is 2. The summed E-state index contributed by atoms with van der Waals surface area (Å²) in [6.07, 6.45) is 1.93. The summed E-state index contributed by atoms with van der Waals surface area (Å²) in [6.45, 7) is 4.67. The second-order valence-electron chi connectivity index (χ2n) is 6.64. The van der Waals surface area contributed by atoms with Gasteiger partial charge in [0.05, 0.1) is 11.4 Å². The van der Waals surface area contributed by atoms with Gasteiger partial charge in [0, 0.05) is 28.4 Å². The van der Waals surface area contributed by atoms with E-state index in [0.717, 1.165) is 38.4 Å². The predicted molar refractivity (Wildman–Crippen MR) is 124 cm³/mol. The van der Waals surface area contributed by atoms with Crippen molar-refractivity contribution in [3.63, 3.8) is 0 Å². The lowest BCUT2D eigenvalue weighted by Crippen LogP contribution is -2.00. The Labute approximate surface area is 180 Å². The van der Waals surface area contributed by atoms with E-state index in [0.29, 0.717) is 6.54 Å². The Morgan fingerprint density at radius 2 is 1.48 bits per heavy atom. The fourth-order valence-electron chi connectivity index (χ4n) is 3.26. The number of hydrogen-bond donors (Lipinski definition) is 0. The maximum Gasteiger partial charge on any atom is 0.169 e. The molecule has 4 aromatic rings. The number of rotatable bonds is 7. The largest absolute Gasteiger partial charge is 0.315 e. The molecule has 0 bridgehead atoms. The van der Waals surface area contributed by atoms with Gasteiger partial charge in [0.1, 0.15) is 0 Å². The normalized spacial score (nSPS) is 10.8. The van der Waals surface area contributed by atoms with Gasteiger partial charge in [-0.2, -0.15) is 0 Å². The average Bonchev–Trinajstić information content (AvgIpc) is 3.13. The predicted octanol–water partition coefficient (Wildman–Crippen LogP) is 7.35. The number of nitrogens with zero attached hydrogens (tertiary/aromatic N) is 2. The van der Waals surface area contributed by atoms with Crippen LogP contribution in [0.2, 0.25) is 5.02 Å². The zero-order chi connectivity index (χ0) is 20.1. The van der Waals surface area contributed by atoms with Crippen molar-refractivity contribution in [3.05, 3.63) is 108 Å². The molecule has 0 aliphatic carbocycles. The third kappa shape index (κ3) is 4.47. The van der Waals surface area contributed by atoms with Crippen LogP contribution in [0.4, 0.5) is 0 Å². The summed E-state index contributed by atoms with van der Waals surface area (Å²) in [5.41, 5.74) is 5.60. The third-order valence-corrected chi connectivity index (χ3v) is 5.92. The van der Waals surface area contributed by atoms with E-state index in [4.69, 9.17) is 16.6 Å². The molecule has 0 saturated heterocycles. The second kappa shape index (κ2) is 9.17. The van der Waals surface area contributed by atoms with Gasteiger partial charge in [-0.3, -0.25) is 0 Å². The summed E-state index contributed by atoms with van der Waals surface area (Å²) in [7, 11) is 0. The highest BCUT2D eigenvalue weighted by atomic mass is 35.5. The summed E-state index contributed by atoms with van der Waals surface area (Å²) in [5, 5.41) is 1.74. The molecule has 0 atom stereocenters. The minimum Gasteiger partial charge on any atom is -0.315 e. The Balaban J connectivity index is 1.79. The first-order valence-electron chi connectivity index (χ1n) is 9.46. The lowest BCUT2D eigenvalue weighted by atomic mass is 10.0. The molecule has 0 unspecified atom stereocenters. The standard InChI is InChI=1S/C25H21ClN2S/c1-2-17-28-24(21-11-7-4-8-12-21)23(20-9-5-3-6-10-20)27-25(28)29-18-19-13-15-22(26)16-14-19/h2-16H,1,17-18H2. The molecule has 1 aromatic heterocycles. The fraction of sp³-hybridized carbons (Fsp3) is 0.0800. The lowest BCUT2D eigenvalue weighted by molar-refractivity contribution is 0.732. The van der Waals surface area contributed by atoms with E-state index in [2.05, 4.69) is 71.8 Å². The molecule has 0 radical (unpaired) electrons. The van der Waals surface area contributed by atoms with E-state index >= 15 is 0 Å². The zero-order valence-corrected chi connectivity index (χ0v) is 17.5. The smallest absolute Gasteiger partial charge is 0.169 e. The molecule has 29 heavy (non-hydrogen) atoms. The monoisotopic (exact) mass is 416 g/mol. The number of halogens is 1. The molecular weight excluding hydrogens is 396 g/mol. The number of thioether (sulfide) groups is 1. The Bertz CT molecular complexity index is 1090. The van der Waals surface area contributed by atoms with Crippen molar-refractivity contribution in [3.8, 4) is 22.5 Å². The van der Waals surface area contributed by atoms with Crippen molar-refractivity contribution < 1.29 is 0 Å². The van der Waals surface area contributed by atoms with Gasteiger partial charge in [0.15, 0.2) is 5.16 Å². The first kappa shape index (κ1) is 19.6. The van der Waals surface area contributed by atoms with Crippen molar-refractivity contribution in [2.45, 2.75) is 17.5 Å². The van der Waals surface area contributed by atoms with Gasteiger partial charge in [0.25, 0.3) is 0 Å². The average molecular weight is 417 g/mol. The van der Waals surface area contributed by atoms with Gasteiger partial charge >= 0.3 is 0 Å². The molecule has 0 saturated carbocycles. The number of allylic oxidation sites excluding steroid dienone is 1. The summed E-state index contributed by atoms with van der Waals surface area (Å²) < 4.78 is 2.26. The number of benzene rings is 3.